The highest BCUT2D eigenvalue weighted by Gasteiger charge is 2.22. The molecule has 0 unspecified atom stereocenters. The minimum Gasteiger partial charge on any atom is -0.481 e. The van der Waals surface area contributed by atoms with Gasteiger partial charge in [-0.05, 0) is 58.8 Å². The van der Waals surface area contributed by atoms with E-state index in [1.807, 2.05) is 13.8 Å². The van der Waals surface area contributed by atoms with E-state index in [1.165, 1.54) is 0 Å². The minimum absolute atomic E-state index is 0.0555. The molecule has 0 atom stereocenters. The second-order valence-corrected chi connectivity index (χ2v) is 11.7. The summed E-state index contributed by atoms with van der Waals surface area (Å²) in [6, 6.07) is 0. The molecular weight excluding hydrogens is 474 g/mol. The summed E-state index contributed by atoms with van der Waals surface area (Å²) in [7, 11) is 3.16. The van der Waals surface area contributed by atoms with Crippen LogP contribution >= 0.6 is 21.6 Å². The van der Waals surface area contributed by atoms with Gasteiger partial charge in [0.15, 0.2) is 0 Å². The Kier molecular flexibility index (Phi) is 22.5. The fraction of sp³-hybridized carbons (Fsp3) is 0.517. The number of carbonyl (C=O) groups is 2. The SMILES string of the molecule is CC/C=C\C/C=C\C/C=C\C/C=C\C/C=C\C/C=C\CCC(=O)NCCSSC(C)(C)CC(=O)O. The molecule has 6 heteroatoms. The van der Waals surface area contributed by atoms with Crippen molar-refractivity contribution in [1.29, 1.82) is 0 Å². The summed E-state index contributed by atoms with van der Waals surface area (Å²) in [5.74, 6) is 0.0325. The standard InChI is InChI=1S/C29H45NO3S2/c1-4-5-6-7-8-9-10-11-12-13-14-15-16-17-18-19-20-21-22-23-27(31)30-24-25-34-35-29(2,3)26-28(32)33/h5-6,8-9,11-12,14-15,17-18,20-21H,4,7,10,13,16,19,22-26H2,1-3H3,(H,30,31)(H,32,33)/b6-5-,9-8-,12-11-,15-14-,18-17-,21-20-. The lowest BCUT2D eigenvalue weighted by atomic mass is 10.1. The first-order valence-electron chi connectivity index (χ1n) is 12.6. The lowest BCUT2D eigenvalue weighted by Gasteiger charge is -2.20. The number of aliphatic carboxylic acids is 1. The van der Waals surface area contributed by atoms with Gasteiger partial charge >= 0.3 is 5.97 Å². The number of nitrogens with one attached hydrogen (secondary N) is 1. The van der Waals surface area contributed by atoms with Crippen LogP contribution < -0.4 is 5.32 Å². The van der Waals surface area contributed by atoms with E-state index < -0.39 is 5.97 Å². The van der Waals surface area contributed by atoms with Crippen molar-refractivity contribution in [3.8, 4) is 0 Å². The van der Waals surface area contributed by atoms with Gasteiger partial charge in [-0.3, -0.25) is 9.59 Å². The third kappa shape index (κ3) is 26.5. The minimum atomic E-state index is -0.786. The highest BCUT2D eigenvalue weighted by Crippen LogP contribution is 2.37. The van der Waals surface area contributed by atoms with Crippen molar-refractivity contribution in [1.82, 2.24) is 5.32 Å². The number of carboxylic acid groups (broad SMARTS) is 1. The Bertz CT molecular complexity index is 734. The number of carbonyl (C=O) groups excluding carboxylic acids is 1. The molecule has 0 fully saturated rings. The maximum Gasteiger partial charge on any atom is 0.304 e. The van der Waals surface area contributed by atoms with Gasteiger partial charge in [0, 0.05) is 23.5 Å². The first-order chi connectivity index (χ1) is 16.9. The largest absolute Gasteiger partial charge is 0.481 e. The predicted molar refractivity (Wildman–Crippen MR) is 157 cm³/mol. The fourth-order valence-corrected chi connectivity index (χ4v) is 5.17. The zero-order valence-electron chi connectivity index (χ0n) is 21.8. The molecule has 2 N–H and O–H groups in total. The summed E-state index contributed by atoms with van der Waals surface area (Å²) in [5.41, 5.74) is 0. The van der Waals surface area contributed by atoms with Crippen molar-refractivity contribution in [2.75, 3.05) is 12.3 Å². The highest BCUT2D eigenvalue weighted by atomic mass is 33.1. The summed E-state index contributed by atoms with van der Waals surface area (Å²) in [4.78, 5) is 22.7. The Hall–Kier alpha value is -1.92. The molecule has 0 saturated carbocycles. The van der Waals surface area contributed by atoms with E-state index in [0.717, 1.165) is 50.7 Å². The summed E-state index contributed by atoms with van der Waals surface area (Å²) in [6.07, 6.45) is 33.3. The number of amides is 1. The molecule has 4 nitrogen and oxygen atoms in total. The molecule has 0 rings (SSSR count). The third-order valence-electron chi connectivity index (χ3n) is 4.50. The Morgan fingerprint density at radius 2 is 1.23 bits per heavy atom. The Labute approximate surface area is 221 Å². The smallest absolute Gasteiger partial charge is 0.304 e. The van der Waals surface area contributed by atoms with Crippen molar-refractivity contribution >= 4 is 33.5 Å². The predicted octanol–water partition coefficient (Wildman–Crippen LogP) is 8.22. The molecule has 35 heavy (non-hydrogen) atoms. The number of hydrogen-bond acceptors (Lipinski definition) is 4. The Morgan fingerprint density at radius 1 is 0.771 bits per heavy atom. The summed E-state index contributed by atoms with van der Waals surface area (Å²) in [6.45, 7) is 6.59. The third-order valence-corrected chi connectivity index (χ3v) is 7.79. The average molecular weight is 520 g/mol. The molecule has 0 aromatic rings. The molecular formula is C29H45NO3S2. The van der Waals surface area contributed by atoms with E-state index in [4.69, 9.17) is 5.11 Å². The van der Waals surface area contributed by atoms with E-state index in [1.54, 1.807) is 21.6 Å². The lowest BCUT2D eigenvalue weighted by molar-refractivity contribution is -0.137. The number of rotatable bonds is 21. The topological polar surface area (TPSA) is 66.4 Å². The first kappa shape index (κ1) is 33.1. The van der Waals surface area contributed by atoms with E-state index in [9.17, 15) is 9.59 Å². The van der Waals surface area contributed by atoms with Gasteiger partial charge in [-0.2, -0.15) is 0 Å². The monoisotopic (exact) mass is 519 g/mol. The maximum atomic E-state index is 11.9. The van der Waals surface area contributed by atoms with Gasteiger partial charge < -0.3 is 10.4 Å². The van der Waals surface area contributed by atoms with E-state index in [2.05, 4.69) is 85.2 Å². The zero-order valence-corrected chi connectivity index (χ0v) is 23.4. The zero-order chi connectivity index (χ0) is 26.0. The fourth-order valence-electron chi connectivity index (χ4n) is 2.77. The van der Waals surface area contributed by atoms with E-state index in [0.29, 0.717) is 13.0 Å². The molecule has 0 aromatic heterocycles. The second-order valence-electron chi connectivity index (χ2n) is 8.54. The van der Waals surface area contributed by atoms with Crippen molar-refractivity contribution in [3.63, 3.8) is 0 Å². The van der Waals surface area contributed by atoms with Gasteiger partial charge in [0.1, 0.15) is 0 Å². The van der Waals surface area contributed by atoms with Gasteiger partial charge in [-0.1, -0.05) is 101 Å². The molecule has 0 radical (unpaired) electrons. The molecule has 0 saturated heterocycles. The van der Waals surface area contributed by atoms with Crippen LogP contribution in [0.3, 0.4) is 0 Å². The van der Waals surface area contributed by atoms with Gasteiger partial charge in [0.25, 0.3) is 0 Å². The second kappa shape index (κ2) is 23.8. The molecule has 196 valence electrons. The summed E-state index contributed by atoms with van der Waals surface area (Å²) in [5, 5.41) is 11.8. The van der Waals surface area contributed by atoms with Crippen LogP contribution in [0.4, 0.5) is 0 Å². The van der Waals surface area contributed by atoms with Crippen LogP contribution in [0, 0.1) is 0 Å². The van der Waals surface area contributed by atoms with Crippen LogP contribution in [0.15, 0.2) is 72.9 Å². The molecule has 1 amide bonds. The lowest BCUT2D eigenvalue weighted by Crippen LogP contribution is -2.25. The van der Waals surface area contributed by atoms with Gasteiger partial charge in [-0.25, -0.2) is 0 Å². The van der Waals surface area contributed by atoms with Gasteiger partial charge in [0.2, 0.25) is 5.91 Å². The van der Waals surface area contributed by atoms with Gasteiger partial charge in [-0.15, -0.1) is 0 Å². The van der Waals surface area contributed by atoms with Crippen LogP contribution in [-0.4, -0.2) is 34.0 Å². The molecule has 0 aliphatic rings. The molecule has 0 spiro atoms. The number of carboxylic acids is 1. The van der Waals surface area contributed by atoms with Crippen LogP contribution in [0.2, 0.25) is 0 Å². The Balaban J connectivity index is 3.64. The van der Waals surface area contributed by atoms with Crippen molar-refractivity contribution in [2.45, 2.75) is 83.3 Å². The van der Waals surface area contributed by atoms with Crippen LogP contribution in [0.25, 0.3) is 0 Å². The normalized spacial score (nSPS) is 13.0. The highest BCUT2D eigenvalue weighted by molar-refractivity contribution is 8.77. The van der Waals surface area contributed by atoms with E-state index in [-0.39, 0.29) is 17.1 Å². The average Bonchev–Trinajstić information content (AvgIpc) is 2.79. The van der Waals surface area contributed by atoms with Crippen molar-refractivity contribution in [3.05, 3.63) is 72.9 Å². The van der Waals surface area contributed by atoms with Crippen LogP contribution in [0.1, 0.15) is 78.6 Å². The van der Waals surface area contributed by atoms with E-state index >= 15 is 0 Å². The molecule has 0 bridgehead atoms. The molecule has 0 aliphatic heterocycles. The van der Waals surface area contributed by atoms with Gasteiger partial charge in [0.05, 0.1) is 6.42 Å². The van der Waals surface area contributed by atoms with Crippen molar-refractivity contribution in [2.24, 2.45) is 0 Å². The summed E-state index contributed by atoms with van der Waals surface area (Å²) < 4.78 is -0.309. The van der Waals surface area contributed by atoms with Crippen LogP contribution in [-0.2, 0) is 9.59 Å². The van der Waals surface area contributed by atoms with Crippen molar-refractivity contribution < 1.29 is 14.7 Å². The number of allylic oxidation sites excluding steroid dienone is 12. The molecule has 0 aromatic carbocycles. The Morgan fingerprint density at radius 3 is 1.69 bits per heavy atom. The maximum absolute atomic E-state index is 11.9. The molecule has 0 aliphatic carbocycles. The number of hydrogen-bond donors (Lipinski definition) is 2. The first-order valence-corrected chi connectivity index (χ1v) is 14.9. The summed E-state index contributed by atoms with van der Waals surface area (Å²) >= 11 is 0. The molecule has 0 heterocycles. The van der Waals surface area contributed by atoms with Crippen LogP contribution in [0.5, 0.6) is 0 Å². The quantitative estimate of drug-likeness (QED) is 0.0908.